The number of aromatic nitrogens is 1. The molecule has 0 aliphatic carbocycles. The lowest BCUT2D eigenvalue weighted by atomic mass is 10.1. The average Bonchev–Trinajstić information content (AvgIpc) is 3.03. The van der Waals surface area contributed by atoms with E-state index in [1.165, 1.54) is 0 Å². The molecule has 0 atom stereocenters. The Kier molecular flexibility index (Phi) is 4.48. The molecule has 3 rings (SSSR count). The van der Waals surface area contributed by atoms with Gasteiger partial charge in [0, 0.05) is 28.6 Å². The zero-order chi connectivity index (χ0) is 16.2. The highest BCUT2D eigenvalue weighted by atomic mass is 32.1. The van der Waals surface area contributed by atoms with Gasteiger partial charge in [-0.2, -0.15) is 0 Å². The van der Waals surface area contributed by atoms with E-state index >= 15 is 0 Å². The van der Waals surface area contributed by atoms with E-state index in [9.17, 15) is 0 Å². The van der Waals surface area contributed by atoms with Crippen LogP contribution in [0, 0.1) is 0 Å². The van der Waals surface area contributed by atoms with Crippen molar-refractivity contribution in [2.75, 3.05) is 20.0 Å². The van der Waals surface area contributed by atoms with Crippen molar-refractivity contribution in [3.05, 3.63) is 58.4 Å². The Morgan fingerprint density at radius 2 is 1.96 bits per heavy atom. The maximum atomic E-state index is 5.84. The van der Waals surface area contributed by atoms with Gasteiger partial charge in [0.2, 0.25) is 0 Å². The number of nitrogens with two attached hydrogens (primary N) is 1. The van der Waals surface area contributed by atoms with Crippen LogP contribution in [0.4, 0.5) is 5.69 Å². The Balaban J connectivity index is 1.87. The Morgan fingerprint density at radius 3 is 2.70 bits per heavy atom. The molecule has 0 aliphatic heterocycles. The second kappa shape index (κ2) is 6.71. The van der Waals surface area contributed by atoms with Crippen molar-refractivity contribution in [2.24, 2.45) is 0 Å². The van der Waals surface area contributed by atoms with Crippen molar-refractivity contribution < 1.29 is 9.47 Å². The van der Waals surface area contributed by atoms with E-state index in [0.717, 1.165) is 39.0 Å². The van der Waals surface area contributed by atoms with Gasteiger partial charge in [0.05, 0.1) is 24.9 Å². The number of nitrogens with zero attached hydrogens (tertiary/aromatic N) is 1. The van der Waals surface area contributed by atoms with Crippen LogP contribution < -0.4 is 15.2 Å². The number of thiazole rings is 1. The first-order valence-corrected chi connectivity index (χ1v) is 8.09. The van der Waals surface area contributed by atoms with Gasteiger partial charge in [-0.15, -0.1) is 11.3 Å². The molecule has 0 spiro atoms. The van der Waals surface area contributed by atoms with Crippen molar-refractivity contribution in [3.63, 3.8) is 0 Å². The minimum Gasteiger partial charge on any atom is -0.497 e. The fourth-order valence-electron chi connectivity index (χ4n) is 2.41. The van der Waals surface area contributed by atoms with Crippen molar-refractivity contribution in [1.29, 1.82) is 0 Å². The summed E-state index contributed by atoms with van der Waals surface area (Å²) in [6.45, 7) is 0. The van der Waals surface area contributed by atoms with Crippen molar-refractivity contribution in [2.45, 2.75) is 6.42 Å². The minimum absolute atomic E-state index is 0.702. The van der Waals surface area contributed by atoms with Crippen LogP contribution in [0.25, 0.3) is 11.3 Å². The molecule has 2 aromatic carbocycles. The topological polar surface area (TPSA) is 57.4 Å². The lowest BCUT2D eigenvalue weighted by Crippen LogP contribution is -1.95. The van der Waals surface area contributed by atoms with Gasteiger partial charge in [0.25, 0.3) is 0 Å². The van der Waals surface area contributed by atoms with E-state index in [4.69, 9.17) is 20.2 Å². The van der Waals surface area contributed by atoms with Gasteiger partial charge in [-0.05, 0) is 30.3 Å². The lowest BCUT2D eigenvalue weighted by molar-refractivity contribution is 0.399. The van der Waals surface area contributed by atoms with Crippen LogP contribution in [-0.4, -0.2) is 19.2 Å². The molecule has 0 aliphatic rings. The summed E-state index contributed by atoms with van der Waals surface area (Å²) >= 11 is 1.63. The van der Waals surface area contributed by atoms with Crippen molar-refractivity contribution in [3.8, 4) is 22.8 Å². The molecular formula is C18H18N2O2S. The van der Waals surface area contributed by atoms with Crippen LogP contribution in [0.3, 0.4) is 0 Å². The Labute approximate surface area is 139 Å². The number of rotatable bonds is 5. The van der Waals surface area contributed by atoms with Gasteiger partial charge in [0.15, 0.2) is 0 Å². The third-order valence-corrected chi connectivity index (χ3v) is 4.41. The molecule has 3 aromatic rings. The molecule has 118 valence electrons. The first-order valence-electron chi connectivity index (χ1n) is 7.21. The van der Waals surface area contributed by atoms with E-state index < -0.39 is 0 Å². The number of anilines is 1. The molecule has 0 radical (unpaired) electrons. The van der Waals surface area contributed by atoms with Crippen molar-refractivity contribution >= 4 is 17.0 Å². The zero-order valence-corrected chi connectivity index (χ0v) is 13.9. The fraction of sp³-hybridized carbons (Fsp3) is 0.167. The third kappa shape index (κ3) is 3.46. The number of hydrogen-bond acceptors (Lipinski definition) is 5. The number of methoxy groups -OCH3 is 2. The lowest BCUT2D eigenvalue weighted by Gasteiger charge is -2.09. The molecule has 0 saturated carbocycles. The fourth-order valence-corrected chi connectivity index (χ4v) is 3.23. The monoisotopic (exact) mass is 326 g/mol. The van der Waals surface area contributed by atoms with Crippen LogP contribution in [-0.2, 0) is 6.42 Å². The Hall–Kier alpha value is -2.53. The standard InChI is InChI=1S/C18H18N2O2S/c1-21-15-6-7-17(22-2)13(9-15)10-18-20-16(11-23-18)12-4-3-5-14(19)8-12/h3-9,11H,10,19H2,1-2H3. The average molecular weight is 326 g/mol. The summed E-state index contributed by atoms with van der Waals surface area (Å²) in [4.78, 5) is 4.71. The molecule has 23 heavy (non-hydrogen) atoms. The number of hydrogen-bond donors (Lipinski definition) is 1. The van der Waals surface area contributed by atoms with Crippen LogP contribution in [0.15, 0.2) is 47.8 Å². The molecule has 2 N–H and O–H groups in total. The van der Waals surface area contributed by atoms with Gasteiger partial charge < -0.3 is 15.2 Å². The molecule has 0 saturated heterocycles. The van der Waals surface area contributed by atoms with Gasteiger partial charge in [-0.25, -0.2) is 4.98 Å². The minimum atomic E-state index is 0.702. The molecule has 0 bridgehead atoms. The molecule has 5 heteroatoms. The molecule has 1 aromatic heterocycles. The van der Waals surface area contributed by atoms with E-state index in [2.05, 4.69) is 5.38 Å². The van der Waals surface area contributed by atoms with Gasteiger partial charge in [0.1, 0.15) is 11.5 Å². The number of benzene rings is 2. The number of nitrogen functional groups attached to an aromatic ring is 1. The molecular weight excluding hydrogens is 308 g/mol. The Morgan fingerprint density at radius 1 is 1.09 bits per heavy atom. The first-order chi connectivity index (χ1) is 11.2. The SMILES string of the molecule is COc1ccc(OC)c(Cc2nc(-c3cccc(N)c3)cs2)c1. The van der Waals surface area contributed by atoms with Gasteiger partial charge in [-0.1, -0.05) is 12.1 Å². The summed E-state index contributed by atoms with van der Waals surface area (Å²) < 4.78 is 10.7. The van der Waals surface area contributed by atoms with E-state index in [1.807, 2.05) is 42.5 Å². The third-order valence-electron chi connectivity index (χ3n) is 3.56. The molecule has 4 nitrogen and oxygen atoms in total. The summed E-state index contributed by atoms with van der Waals surface area (Å²) in [7, 11) is 3.33. The Bertz CT molecular complexity index is 814. The van der Waals surface area contributed by atoms with Crippen LogP contribution in [0.5, 0.6) is 11.5 Å². The quantitative estimate of drug-likeness (QED) is 0.720. The second-order valence-corrected chi connectivity index (χ2v) is 6.05. The van der Waals surface area contributed by atoms with Crippen molar-refractivity contribution in [1.82, 2.24) is 4.98 Å². The van der Waals surface area contributed by atoms with Crippen LogP contribution in [0.1, 0.15) is 10.6 Å². The predicted octanol–water partition coefficient (Wildman–Crippen LogP) is 4.00. The smallest absolute Gasteiger partial charge is 0.122 e. The van der Waals surface area contributed by atoms with E-state index in [-0.39, 0.29) is 0 Å². The van der Waals surface area contributed by atoms with E-state index in [1.54, 1.807) is 25.6 Å². The summed E-state index contributed by atoms with van der Waals surface area (Å²) in [6, 6.07) is 13.6. The highest BCUT2D eigenvalue weighted by Gasteiger charge is 2.10. The highest BCUT2D eigenvalue weighted by Crippen LogP contribution is 2.29. The second-order valence-electron chi connectivity index (χ2n) is 5.11. The maximum absolute atomic E-state index is 5.84. The van der Waals surface area contributed by atoms with E-state index in [0.29, 0.717) is 6.42 Å². The summed E-state index contributed by atoms with van der Waals surface area (Å²) in [5.74, 6) is 1.65. The maximum Gasteiger partial charge on any atom is 0.122 e. The highest BCUT2D eigenvalue weighted by molar-refractivity contribution is 7.10. The summed E-state index contributed by atoms with van der Waals surface area (Å²) in [5.41, 5.74) is 9.62. The zero-order valence-electron chi connectivity index (χ0n) is 13.1. The summed E-state index contributed by atoms with van der Waals surface area (Å²) in [6.07, 6.45) is 0.702. The predicted molar refractivity (Wildman–Crippen MR) is 94.3 cm³/mol. The largest absolute Gasteiger partial charge is 0.497 e. The molecule has 1 heterocycles. The molecule has 0 unspecified atom stereocenters. The molecule has 0 amide bonds. The van der Waals surface area contributed by atoms with Gasteiger partial charge >= 0.3 is 0 Å². The molecule has 0 fully saturated rings. The van der Waals surface area contributed by atoms with Gasteiger partial charge in [-0.3, -0.25) is 0 Å². The number of ether oxygens (including phenoxy) is 2. The van der Waals surface area contributed by atoms with Crippen LogP contribution in [0.2, 0.25) is 0 Å². The first kappa shape index (κ1) is 15.4. The summed E-state index contributed by atoms with van der Waals surface area (Å²) in [5, 5.41) is 3.07. The normalized spacial score (nSPS) is 10.5. The van der Waals surface area contributed by atoms with Crippen LogP contribution >= 0.6 is 11.3 Å².